The first kappa shape index (κ1) is 26.7. The van der Waals surface area contributed by atoms with Crippen LogP contribution < -0.4 is 4.90 Å². The lowest BCUT2D eigenvalue weighted by molar-refractivity contribution is 0.307. The average molecular weight is 470 g/mol. The monoisotopic (exact) mass is 469 g/mol. The first-order valence-corrected chi connectivity index (χ1v) is 13.4. The van der Waals surface area contributed by atoms with Gasteiger partial charge in [0.1, 0.15) is 5.84 Å². The normalized spacial score (nSPS) is 16.6. The minimum absolute atomic E-state index is 0.0495. The van der Waals surface area contributed by atoms with Crippen molar-refractivity contribution in [3.8, 4) is 6.07 Å². The summed E-state index contributed by atoms with van der Waals surface area (Å²) in [4.78, 5) is 7.70. The molecule has 0 saturated carbocycles. The Morgan fingerprint density at radius 2 is 1.60 bits per heavy atom. The molecule has 0 amide bonds. The van der Waals surface area contributed by atoms with E-state index in [2.05, 4.69) is 102 Å². The summed E-state index contributed by atoms with van der Waals surface area (Å²) < 4.78 is 0. The second-order valence-corrected chi connectivity index (χ2v) is 10.8. The summed E-state index contributed by atoms with van der Waals surface area (Å²) in [5.41, 5.74) is 6.95. The Hall–Kier alpha value is -2.86. The van der Waals surface area contributed by atoms with Gasteiger partial charge in [0.05, 0.1) is 23.4 Å². The predicted octanol–water partition coefficient (Wildman–Crippen LogP) is 8.20. The van der Waals surface area contributed by atoms with Gasteiger partial charge in [0.15, 0.2) is 0 Å². The van der Waals surface area contributed by atoms with Gasteiger partial charge in [-0.15, -0.1) is 0 Å². The number of aliphatic imine (C=N–C) groups is 1. The standard InChI is InChI=1S/C32H43N3/c1-9-29-32(10-2,11-3)28-16-14-13-15-27(28)31(34-29)35(12-4)30-25(17-22(5)6)19-24(21-33)20-26(30)18-23(7)8/h12-16,19-20,22-23,29H,4,9-11,17-18H2,1-3,5-8H3/t29-/m1/s1. The zero-order valence-corrected chi connectivity index (χ0v) is 22.9. The van der Waals surface area contributed by atoms with Gasteiger partial charge in [-0.25, -0.2) is 0 Å². The van der Waals surface area contributed by atoms with Crippen molar-refractivity contribution < 1.29 is 0 Å². The fraction of sp³-hybridized carbons (Fsp3) is 0.500. The Labute approximate surface area is 213 Å². The van der Waals surface area contributed by atoms with Crippen LogP contribution in [0.25, 0.3) is 0 Å². The van der Waals surface area contributed by atoms with Crippen molar-refractivity contribution in [1.29, 1.82) is 5.26 Å². The molecule has 0 aromatic heterocycles. The summed E-state index contributed by atoms with van der Waals surface area (Å²) >= 11 is 0. The molecule has 186 valence electrons. The molecule has 0 fully saturated rings. The third kappa shape index (κ3) is 5.08. The number of benzene rings is 2. The van der Waals surface area contributed by atoms with Crippen LogP contribution in [0.5, 0.6) is 0 Å². The van der Waals surface area contributed by atoms with Gasteiger partial charge in [0.2, 0.25) is 0 Å². The first-order valence-electron chi connectivity index (χ1n) is 13.4. The van der Waals surface area contributed by atoms with E-state index in [9.17, 15) is 5.26 Å². The van der Waals surface area contributed by atoms with E-state index >= 15 is 0 Å². The third-order valence-electron chi connectivity index (χ3n) is 7.57. The summed E-state index contributed by atoms with van der Waals surface area (Å²) in [6.07, 6.45) is 6.87. The van der Waals surface area contributed by atoms with E-state index < -0.39 is 0 Å². The molecular formula is C32H43N3. The molecule has 0 saturated heterocycles. The fourth-order valence-electron chi connectivity index (χ4n) is 6.02. The summed E-state index contributed by atoms with van der Waals surface area (Å²) in [5, 5.41) is 9.79. The molecule has 0 N–H and O–H groups in total. The molecular weight excluding hydrogens is 426 g/mol. The maximum Gasteiger partial charge on any atom is 0.140 e. The van der Waals surface area contributed by atoms with Gasteiger partial charge in [-0.3, -0.25) is 4.99 Å². The van der Waals surface area contributed by atoms with Gasteiger partial charge < -0.3 is 4.90 Å². The number of amidine groups is 1. The highest BCUT2D eigenvalue weighted by atomic mass is 15.2. The largest absolute Gasteiger partial charge is 0.302 e. The van der Waals surface area contributed by atoms with Crippen molar-refractivity contribution >= 4 is 11.5 Å². The maximum atomic E-state index is 9.79. The summed E-state index contributed by atoms with van der Waals surface area (Å²) in [7, 11) is 0. The molecule has 3 rings (SSSR count). The zero-order valence-electron chi connectivity index (χ0n) is 22.9. The minimum Gasteiger partial charge on any atom is -0.302 e. The van der Waals surface area contributed by atoms with E-state index in [-0.39, 0.29) is 11.5 Å². The third-order valence-corrected chi connectivity index (χ3v) is 7.57. The molecule has 0 radical (unpaired) electrons. The van der Waals surface area contributed by atoms with Crippen LogP contribution in [-0.4, -0.2) is 11.9 Å². The van der Waals surface area contributed by atoms with Crippen molar-refractivity contribution in [2.45, 2.75) is 92.0 Å². The predicted molar refractivity (Wildman–Crippen MR) is 150 cm³/mol. The van der Waals surface area contributed by atoms with Gasteiger partial charge in [-0.2, -0.15) is 5.26 Å². The first-order chi connectivity index (χ1) is 16.8. The Morgan fingerprint density at radius 3 is 2.06 bits per heavy atom. The molecule has 3 nitrogen and oxygen atoms in total. The lowest BCUT2D eigenvalue weighted by Crippen LogP contribution is -2.45. The van der Waals surface area contributed by atoms with Gasteiger partial charge in [0.25, 0.3) is 0 Å². The topological polar surface area (TPSA) is 39.4 Å². The molecule has 35 heavy (non-hydrogen) atoms. The summed E-state index contributed by atoms with van der Waals surface area (Å²) in [5.74, 6) is 1.93. The molecule has 1 heterocycles. The highest BCUT2D eigenvalue weighted by Gasteiger charge is 2.42. The molecule has 1 aliphatic rings. The number of nitriles is 1. The Morgan fingerprint density at radius 1 is 1.03 bits per heavy atom. The van der Waals surface area contributed by atoms with Crippen molar-refractivity contribution in [3.63, 3.8) is 0 Å². The van der Waals surface area contributed by atoms with E-state index in [1.807, 2.05) is 6.20 Å². The molecule has 0 bridgehead atoms. The SMILES string of the molecule is C=CN(C1=N[C@H](CC)C(CC)(CC)c2ccccc21)c1c(CC(C)C)cc(C#N)cc1CC(C)C. The lowest BCUT2D eigenvalue weighted by Gasteiger charge is -2.44. The molecule has 1 atom stereocenters. The van der Waals surface area contributed by atoms with Crippen LogP contribution in [-0.2, 0) is 18.3 Å². The summed E-state index contributed by atoms with van der Waals surface area (Å²) in [6.45, 7) is 20.1. The van der Waals surface area contributed by atoms with Crippen molar-refractivity contribution in [2.75, 3.05) is 4.90 Å². The number of fused-ring (bicyclic) bond motifs is 1. The molecule has 2 aromatic carbocycles. The van der Waals surface area contributed by atoms with Crippen LogP contribution in [0.2, 0.25) is 0 Å². The second kappa shape index (κ2) is 11.3. The Kier molecular flexibility index (Phi) is 8.60. The van der Waals surface area contributed by atoms with Gasteiger partial charge in [0, 0.05) is 17.2 Å². The Bertz CT molecular complexity index is 1080. The fourth-order valence-corrected chi connectivity index (χ4v) is 6.02. The number of hydrogen-bond acceptors (Lipinski definition) is 3. The molecule has 0 unspecified atom stereocenters. The van der Waals surface area contributed by atoms with Crippen molar-refractivity contribution in [1.82, 2.24) is 0 Å². The van der Waals surface area contributed by atoms with Crippen molar-refractivity contribution in [2.24, 2.45) is 16.8 Å². The second-order valence-electron chi connectivity index (χ2n) is 10.8. The molecule has 0 aliphatic carbocycles. The average Bonchev–Trinajstić information content (AvgIpc) is 2.84. The van der Waals surface area contributed by atoms with Gasteiger partial charge in [-0.1, -0.05) is 79.3 Å². The minimum atomic E-state index is 0.0495. The number of hydrogen-bond donors (Lipinski definition) is 0. The van der Waals surface area contributed by atoms with Crippen LogP contribution in [0.15, 0.2) is 54.2 Å². The molecule has 3 heteroatoms. The smallest absolute Gasteiger partial charge is 0.140 e. The maximum absolute atomic E-state index is 9.79. The number of anilines is 1. The van der Waals surface area contributed by atoms with E-state index in [1.165, 1.54) is 22.3 Å². The van der Waals surface area contributed by atoms with E-state index in [0.29, 0.717) is 11.8 Å². The van der Waals surface area contributed by atoms with Crippen LogP contribution in [0.3, 0.4) is 0 Å². The van der Waals surface area contributed by atoms with E-state index in [0.717, 1.165) is 49.2 Å². The summed E-state index contributed by atoms with van der Waals surface area (Å²) in [6, 6.07) is 15.6. The van der Waals surface area contributed by atoms with Gasteiger partial charge in [-0.05, 0) is 72.8 Å². The van der Waals surface area contributed by atoms with Crippen molar-refractivity contribution in [3.05, 3.63) is 77.0 Å². The van der Waals surface area contributed by atoms with Crippen LogP contribution in [0.4, 0.5) is 5.69 Å². The zero-order chi connectivity index (χ0) is 25.8. The van der Waals surface area contributed by atoms with E-state index in [4.69, 9.17) is 4.99 Å². The molecule has 1 aliphatic heterocycles. The van der Waals surface area contributed by atoms with Gasteiger partial charge >= 0.3 is 0 Å². The lowest BCUT2D eigenvalue weighted by atomic mass is 9.66. The van der Waals surface area contributed by atoms with Crippen LogP contribution in [0, 0.1) is 23.2 Å². The highest BCUT2D eigenvalue weighted by molar-refractivity contribution is 6.13. The number of rotatable bonds is 9. The van der Waals surface area contributed by atoms with Crippen LogP contribution in [0.1, 0.15) is 95.5 Å². The molecule has 0 spiro atoms. The number of nitrogens with zero attached hydrogens (tertiary/aromatic N) is 3. The molecule has 2 aromatic rings. The highest BCUT2D eigenvalue weighted by Crippen LogP contribution is 2.45. The van der Waals surface area contributed by atoms with E-state index in [1.54, 1.807) is 0 Å². The van der Waals surface area contributed by atoms with Crippen LogP contribution >= 0.6 is 0 Å². The quantitative estimate of drug-likeness (QED) is 0.371. The Balaban J connectivity index is 2.33.